The highest BCUT2D eigenvalue weighted by molar-refractivity contribution is 4.79. The summed E-state index contributed by atoms with van der Waals surface area (Å²) in [6.45, 7) is 7.85. The minimum absolute atomic E-state index is 0.603. The van der Waals surface area contributed by atoms with Gasteiger partial charge in [-0.25, -0.2) is 0 Å². The average Bonchev–Trinajstić information content (AvgIpc) is 2.68. The molecule has 1 heterocycles. The van der Waals surface area contributed by atoms with Gasteiger partial charge in [-0.1, -0.05) is 20.8 Å². The van der Waals surface area contributed by atoms with E-state index in [2.05, 4.69) is 41.5 Å². The monoisotopic (exact) mass is 239 g/mol. The lowest BCUT2D eigenvalue weighted by atomic mass is 9.98. The predicted molar refractivity (Wildman–Crippen MR) is 68.7 cm³/mol. The first-order chi connectivity index (χ1) is 8.13. The number of aryl methyl sites for hydroxylation is 2. The Morgan fingerprint density at radius 1 is 1.35 bits per heavy atom. The Labute approximate surface area is 104 Å². The molecule has 0 radical (unpaired) electrons. The molecule has 0 aliphatic carbocycles. The van der Waals surface area contributed by atoms with Gasteiger partial charge >= 0.3 is 0 Å². The Kier molecular flexibility index (Phi) is 6.11. The fraction of sp³-hybridized carbons (Fsp3) is 0.917. The number of nitrogens with zero attached hydrogens (tertiary/aromatic N) is 4. The Bertz CT molecular complexity index is 308. The summed E-state index contributed by atoms with van der Waals surface area (Å²) in [6.07, 6.45) is 4.40. The molecule has 1 rings (SSSR count). The molecule has 5 heteroatoms. The standard InChI is InChI=1S/C12H25N5/c1-5-9-13-11(10(2)3)7-6-8-12-14-16-17(4)15-12/h10-11,13H,5-9H2,1-4H3. The fourth-order valence-electron chi connectivity index (χ4n) is 1.90. The summed E-state index contributed by atoms with van der Waals surface area (Å²) in [5.74, 6) is 1.53. The number of nitrogens with one attached hydrogen (secondary N) is 1. The summed E-state index contributed by atoms with van der Waals surface area (Å²) in [5, 5.41) is 15.6. The molecule has 1 atom stereocenters. The molecule has 5 nitrogen and oxygen atoms in total. The molecule has 0 aromatic carbocycles. The minimum Gasteiger partial charge on any atom is -0.314 e. The van der Waals surface area contributed by atoms with Crippen LogP contribution in [-0.4, -0.2) is 32.8 Å². The summed E-state index contributed by atoms with van der Waals surface area (Å²) in [5.41, 5.74) is 0. The SMILES string of the molecule is CCCNC(CCCc1nnn(C)n1)C(C)C. The Balaban J connectivity index is 2.26. The second-order valence-electron chi connectivity index (χ2n) is 4.89. The number of tetrazole rings is 1. The van der Waals surface area contributed by atoms with Crippen molar-refractivity contribution >= 4 is 0 Å². The van der Waals surface area contributed by atoms with Crippen LogP contribution in [0.15, 0.2) is 0 Å². The third-order valence-electron chi connectivity index (χ3n) is 2.93. The second kappa shape index (κ2) is 7.37. The Morgan fingerprint density at radius 3 is 2.65 bits per heavy atom. The van der Waals surface area contributed by atoms with E-state index in [0.717, 1.165) is 25.2 Å². The predicted octanol–water partition coefficient (Wildman–Crippen LogP) is 1.56. The van der Waals surface area contributed by atoms with Crippen LogP contribution in [0.3, 0.4) is 0 Å². The highest BCUT2D eigenvalue weighted by atomic mass is 15.6. The first-order valence-electron chi connectivity index (χ1n) is 6.59. The number of hydrogen-bond acceptors (Lipinski definition) is 4. The lowest BCUT2D eigenvalue weighted by Crippen LogP contribution is -2.34. The van der Waals surface area contributed by atoms with Gasteiger partial charge in [0.2, 0.25) is 0 Å². The fourth-order valence-corrected chi connectivity index (χ4v) is 1.90. The van der Waals surface area contributed by atoms with Gasteiger partial charge in [-0.3, -0.25) is 0 Å². The molecular formula is C12H25N5. The van der Waals surface area contributed by atoms with Crippen LogP contribution in [0.4, 0.5) is 0 Å². The van der Waals surface area contributed by atoms with Gasteiger partial charge in [0, 0.05) is 12.5 Å². The van der Waals surface area contributed by atoms with Crippen LogP contribution in [0.2, 0.25) is 0 Å². The lowest BCUT2D eigenvalue weighted by molar-refractivity contribution is 0.369. The number of rotatable bonds is 8. The second-order valence-corrected chi connectivity index (χ2v) is 4.89. The maximum Gasteiger partial charge on any atom is 0.174 e. The van der Waals surface area contributed by atoms with Crippen LogP contribution >= 0.6 is 0 Å². The minimum atomic E-state index is 0.603. The maximum atomic E-state index is 4.19. The summed E-state index contributed by atoms with van der Waals surface area (Å²) in [4.78, 5) is 1.52. The first kappa shape index (κ1) is 14.1. The topological polar surface area (TPSA) is 55.6 Å². The summed E-state index contributed by atoms with van der Waals surface area (Å²) < 4.78 is 0. The summed E-state index contributed by atoms with van der Waals surface area (Å²) in [7, 11) is 1.80. The lowest BCUT2D eigenvalue weighted by Gasteiger charge is -2.21. The van der Waals surface area contributed by atoms with Crippen molar-refractivity contribution < 1.29 is 0 Å². The van der Waals surface area contributed by atoms with Crippen LogP contribution in [0.5, 0.6) is 0 Å². The van der Waals surface area contributed by atoms with Gasteiger partial charge in [-0.05, 0) is 36.9 Å². The molecule has 0 amide bonds. The molecule has 1 N–H and O–H groups in total. The zero-order valence-corrected chi connectivity index (χ0v) is 11.5. The van der Waals surface area contributed by atoms with E-state index >= 15 is 0 Å². The molecule has 17 heavy (non-hydrogen) atoms. The van der Waals surface area contributed by atoms with Gasteiger partial charge in [0.25, 0.3) is 0 Å². The van der Waals surface area contributed by atoms with Crippen molar-refractivity contribution in [2.45, 2.75) is 52.5 Å². The van der Waals surface area contributed by atoms with Crippen LogP contribution in [-0.2, 0) is 13.5 Å². The zero-order valence-electron chi connectivity index (χ0n) is 11.5. The van der Waals surface area contributed by atoms with E-state index in [1.807, 2.05) is 0 Å². The van der Waals surface area contributed by atoms with E-state index < -0.39 is 0 Å². The normalized spacial score (nSPS) is 13.2. The molecule has 0 spiro atoms. The molecule has 98 valence electrons. The van der Waals surface area contributed by atoms with Crippen molar-refractivity contribution in [1.82, 2.24) is 25.5 Å². The van der Waals surface area contributed by atoms with Gasteiger partial charge < -0.3 is 5.32 Å². The molecule has 0 saturated carbocycles. The van der Waals surface area contributed by atoms with Crippen molar-refractivity contribution in [2.24, 2.45) is 13.0 Å². The summed E-state index contributed by atoms with van der Waals surface area (Å²) in [6, 6.07) is 0.603. The van der Waals surface area contributed by atoms with Gasteiger partial charge in [0.1, 0.15) is 0 Å². The molecule has 0 aliphatic rings. The van der Waals surface area contributed by atoms with Gasteiger partial charge in [0.05, 0.1) is 7.05 Å². The first-order valence-corrected chi connectivity index (χ1v) is 6.59. The molecule has 0 bridgehead atoms. The Morgan fingerprint density at radius 2 is 2.12 bits per heavy atom. The Hall–Kier alpha value is -0.970. The zero-order chi connectivity index (χ0) is 12.7. The van der Waals surface area contributed by atoms with E-state index in [-0.39, 0.29) is 0 Å². The number of aromatic nitrogens is 4. The van der Waals surface area contributed by atoms with Crippen molar-refractivity contribution in [3.8, 4) is 0 Å². The molecule has 0 fully saturated rings. The third kappa shape index (κ3) is 5.26. The van der Waals surface area contributed by atoms with E-state index in [0.29, 0.717) is 12.0 Å². The van der Waals surface area contributed by atoms with Crippen molar-refractivity contribution in [1.29, 1.82) is 0 Å². The third-order valence-corrected chi connectivity index (χ3v) is 2.93. The molecular weight excluding hydrogens is 214 g/mol. The van der Waals surface area contributed by atoms with Crippen LogP contribution in [0.25, 0.3) is 0 Å². The highest BCUT2D eigenvalue weighted by Gasteiger charge is 2.12. The van der Waals surface area contributed by atoms with E-state index in [1.165, 1.54) is 17.6 Å². The van der Waals surface area contributed by atoms with Crippen molar-refractivity contribution in [2.75, 3.05) is 6.54 Å². The van der Waals surface area contributed by atoms with Crippen LogP contribution in [0, 0.1) is 5.92 Å². The smallest absolute Gasteiger partial charge is 0.174 e. The molecule has 0 saturated heterocycles. The van der Waals surface area contributed by atoms with E-state index in [1.54, 1.807) is 7.05 Å². The molecule has 1 aromatic rings. The quantitative estimate of drug-likeness (QED) is 0.748. The van der Waals surface area contributed by atoms with Gasteiger partial charge in [-0.15, -0.1) is 10.2 Å². The van der Waals surface area contributed by atoms with Gasteiger partial charge in [-0.2, -0.15) is 4.80 Å². The van der Waals surface area contributed by atoms with Crippen molar-refractivity contribution in [3.63, 3.8) is 0 Å². The van der Waals surface area contributed by atoms with Crippen LogP contribution in [0.1, 0.15) is 45.9 Å². The number of hydrogen-bond donors (Lipinski definition) is 1. The average molecular weight is 239 g/mol. The molecule has 1 unspecified atom stereocenters. The van der Waals surface area contributed by atoms with Gasteiger partial charge in [0.15, 0.2) is 5.82 Å². The largest absolute Gasteiger partial charge is 0.314 e. The molecule has 0 aliphatic heterocycles. The summed E-state index contributed by atoms with van der Waals surface area (Å²) >= 11 is 0. The van der Waals surface area contributed by atoms with E-state index in [9.17, 15) is 0 Å². The van der Waals surface area contributed by atoms with Crippen molar-refractivity contribution in [3.05, 3.63) is 5.82 Å². The molecule has 1 aromatic heterocycles. The maximum absolute atomic E-state index is 4.19. The highest BCUT2D eigenvalue weighted by Crippen LogP contribution is 2.10. The van der Waals surface area contributed by atoms with E-state index in [4.69, 9.17) is 0 Å². The van der Waals surface area contributed by atoms with Crippen LogP contribution < -0.4 is 5.32 Å².